The van der Waals surface area contributed by atoms with E-state index in [1.807, 2.05) is 38.1 Å². The molecule has 0 saturated carbocycles. The summed E-state index contributed by atoms with van der Waals surface area (Å²) in [6.45, 7) is 3.78. The van der Waals surface area contributed by atoms with Gasteiger partial charge < -0.3 is 15.2 Å². The van der Waals surface area contributed by atoms with E-state index in [1.165, 1.54) is 11.3 Å². The first-order chi connectivity index (χ1) is 10.6. The smallest absolute Gasteiger partial charge is 0.270 e. The van der Waals surface area contributed by atoms with Crippen molar-refractivity contribution in [2.24, 2.45) is 5.92 Å². The molecule has 0 spiro atoms. The molecular formula is C16H20N2O3S. The van der Waals surface area contributed by atoms with Crippen molar-refractivity contribution < 1.29 is 14.6 Å². The van der Waals surface area contributed by atoms with Gasteiger partial charge in [-0.15, -0.1) is 11.3 Å². The number of aromatic nitrogens is 1. The number of aliphatic hydroxyl groups excluding tert-OH is 1. The van der Waals surface area contributed by atoms with Crippen LogP contribution in [0.25, 0.3) is 10.6 Å². The van der Waals surface area contributed by atoms with Crippen molar-refractivity contribution in [3.05, 3.63) is 35.3 Å². The quantitative estimate of drug-likeness (QED) is 0.858. The molecule has 1 heterocycles. The van der Waals surface area contributed by atoms with Gasteiger partial charge in [0.25, 0.3) is 5.91 Å². The summed E-state index contributed by atoms with van der Waals surface area (Å²) in [5.74, 6) is 0.493. The highest BCUT2D eigenvalue weighted by Crippen LogP contribution is 2.31. The van der Waals surface area contributed by atoms with Gasteiger partial charge in [0.2, 0.25) is 0 Å². The number of ether oxygens (including phenoxy) is 1. The highest BCUT2D eigenvalue weighted by atomic mass is 32.1. The van der Waals surface area contributed by atoms with Gasteiger partial charge >= 0.3 is 0 Å². The number of carbonyl (C=O) groups is 1. The summed E-state index contributed by atoms with van der Waals surface area (Å²) in [5.41, 5.74) is 1.24. The van der Waals surface area contributed by atoms with Crippen LogP contribution < -0.4 is 10.1 Å². The number of rotatable bonds is 6. The monoisotopic (exact) mass is 320 g/mol. The molecule has 0 bridgehead atoms. The van der Waals surface area contributed by atoms with Crippen molar-refractivity contribution in [2.75, 3.05) is 13.7 Å². The second kappa shape index (κ2) is 7.38. The molecule has 22 heavy (non-hydrogen) atoms. The van der Waals surface area contributed by atoms with Gasteiger partial charge in [0, 0.05) is 18.0 Å². The number of methoxy groups -OCH3 is 1. The normalized spacial score (nSPS) is 13.5. The Kier molecular flexibility index (Phi) is 5.51. The molecule has 2 rings (SSSR count). The summed E-state index contributed by atoms with van der Waals surface area (Å²) < 4.78 is 5.32. The first-order valence-corrected chi connectivity index (χ1v) is 7.95. The van der Waals surface area contributed by atoms with Crippen LogP contribution in [0.3, 0.4) is 0 Å². The fraction of sp³-hybridized carbons (Fsp3) is 0.375. The third-order valence-corrected chi connectivity index (χ3v) is 4.45. The number of para-hydroxylation sites is 1. The van der Waals surface area contributed by atoms with E-state index in [-0.39, 0.29) is 24.5 Å². The summed E-state index contributed by atoms with van der Waals surface area (Å²) in [7, 11) is 1.61. The molecule has 0 fully saturated rings. The van der Waals surface area contributed by atoms with E-state index in [2.05, 4.69) is 10.3 Å². The molecule has 0 radical (unpaired) electrons. The number of hydrogen-bond donors (Lipinski definition) is 2. The summed E-state index contributed by atoms with van der Waals surface area (Å²) >= 11 is 1.40. The van der Waals surface area contributed by atoms with E-state index >= 15 is 0 Å². The Morgan fingerprint density at radius 3 is 2.82 bits per heavy atom. The van der Waals surface area contributed by atoms with E-state index in [0.717, 1.165) is 16.3 Å². The van der Waals surface area contributed by atoms with Crippen molar-refractivity contribution in [3.8, 4) is 16.3 Å². The second-order valence-corrected chi connectivity index (χ2v) is 6.02. The number of aliphatic hydroxyl groups is 1. The van der Waals surface area contributed by atoms with Gasteiger partial charge in [-0.1, -0.05) is 19.1 Å². The summed E-state index contributed by atoms with van der Waals surface area (Å²) in [6, 6.07) is 7.46. The Morgan fingerprint density at radius 1 is 1.41 bits per heavy atom. The second-order valence-electron chi connectivity index (χ2n) is 5.16. The molecule has 1 aromatic carbocycles. The molecule has 5 nitrogen and oxygen atoms in total. The molecule has 1 aromatic heterocycles. The van der Waals surface area contributed by atoms with Crippen molar-refractivity contribution >= 4 is 17.2 Å². The lowest BCUT2D eigenvalue weighted by atomic mass is 10.1. The average molecular weight is 320 g/mol. The number of amides is 1. The third kappa shape index (κ3) is 3.64. The van der Waals surface area contributed by atoms with Gasteiger partial charge in [0.05, 0.1) is 12.7 Å². The SMILES string of the molecule is COc1ccccc1-c1nc(C(=O)NC(C)C(C)CO)cs1. The van der Waals surface area contributed by atoms with Crippen LogP contribution in [0, 0.1) is 5.92 Å². The lowest BCUT2D eigenvalue weighted by Gasteiger charge is -2.18. The Balaban J connectivity index is 2.16. The van der Waals surface area contributed by atoms with Crippen LogP contribution in [0.5, 0.6) is 5.75 Å². The molecule has 6 heteroatoms. The molecule has 118 valence electrons. The largest absolute Gasteiger partial charge is 0.496 e. The van der Waals surface area contributed by atoms with Crippen molar-refractivity contribution in [3.63, 3.8) is 0 Å². The minimum atomic E-state index is -0.231. The van der Waals surface area contributed by atoms with Crippen molar-refractivity contribution in [1.29, 1.82) is 0 Å². The minimum absolute atomic E-state index is 0.00345. The summed E-state index contributed by atoms with van der Waals surface area (Å²) in [4.78, 5) is 16.6. The fourth-order valence-electron chi connectivity index (χ4n) is 1.90. The van der Waals surface area contributed by atoms with Crippen LogP contribution in [-0.4, -0.2) is 35.8 Å². The van der Waals surface area contributed by atoms with Crippen LogP contribution in [-0.2, 0) is 0 Å². The number of benzene rings is 1. The summed E-state index contributed by atoms with van der Waals surface area (Å²) in [6.07, 6.45) is 0. The third-order valence-electron chi connectivity index (χ3n) is 3.57. The highest BCUT2D eigenvalue weighted by molar-refractivity contribution is 7.13. The number of thiazole rings is 1. The predicted octanol–water partition coefficient (Wildman–Crippen LogP) is 2.57. The Bertz CT molecular complexity index is 642. The Morgan fingerprint density at radius 2 is 2.14 bits per heavy atom. The van der Waals surface area contributed by atoms with Crippen LogP contribution >= 0.6 is 11.3 Å². The number of nitrogens with one attached hydrogen (secondary N) is 1. The maximum atomic E-state index is 12.2. The first-order valence-electron chi connectivity index (χ1n) is 7.07. The van der Waals surface area contributed by atoms with Gasteiger partial charge in [-0.2, -0.15) is 0 Å². The van der Waals surface area contributed by atoms with E-state index in [1.54, 1.807) is 12.5 Å². The number of nitrogens with zero attached hydrogens (tertiary/aromatic N) is 1. The maximum Gasteiger partial charge on any atom is 0.270 e. The summed E-state index contributed by atoms with van der Waals surface area (Å²) in [5, 5.41) is 14.4. The standard InChI is InChI=1S/C16H20N2O3S/c1-10(8-19)11(2)17-15(20)13-9-22-16(18-13)12-6-4-5-7-14(12)21-3/h4-7,9-11,19H,8H2,1-3H3,(H,17,20). The lowest BCUT2D eigenvalue weighted by molar-refractivity contribution is 0.0912. The zero-order valence-corrected chi connectivity index (χ0v) is 13.7. The molecule has 2 atom stereocenters. The molecule has 0 aliphatic heterocycles. The topological polar surface area (TPSA) is 71.5 Å². The van der Waals surface area contributed by atoms with Crippen LogP contribution in [0.1, 0.15) is 24.3 Å². The van der Waals surface area contributed by atoms with Gasteiger partial charge in [0.15, 0.2) is 0 Å². The molecule has 0 aliphatic carbocycles. The number of hydrogen-bond acceptors (Lipinski definition) is 5. The molecule has 0 saturated heterocycles. The fourth-order valence-corrected chi connectivity index (χ4v) is 2.73. The van der Waals surface area contributed by atoms with E-state index in [9.17, 15) is 4.79 Å². The first kappa shape index (κ1) is 16.5. The van der Waals surface area contributed by atoms with Crippen molar-refractivity contribution in [2.45, 2.75) is 19.9 Å². The molecule has 2 N–H and O–H groups in total. The van der Waals surface area contributed by atoms with Crippen molar-refractivity contribution in [1.82, 2.24) is 10.3 Å². The lowest BCUT2D eigenvalue weighted by Crippen LogP contribution is -2.38. The van der Waals surface area contributed by atoms with Crippen LogP contribution in [0.2, 0.25) is 0 Å². The average Bonchev–Trinajstić information content (AvgIpc) is 3.03. The van der Waals surface area contributed by atoms with E-state index in [0.29, 0.717) is 5.69 Å². The number of carbonyl (C=O) groups excluding carboxylic acids is 1. The van der Waals surface area contributed by atoms with Crippen LogP contribution in [0.4, 0.5) is 0 Å². The predicted molar refractivity (Wildman–Crippen MR) is 87.3 cm³/mol. The van der Waals surface area contributed by atoms with Gasteiger partial charge in [-0.05, 0) is 25.0 Å². The van der Waals surface area contributed by atoms with Crippen LogP contribution in [0.15, 0.2) is 29.6 Å². The van der Waals surface area contributed by atoms with Gasteiger partial charge in [0.1, 0.15) is 16.5 Å². The highest BCUT2D eigenvalue weighted by Gasteiger charge is 2.18. The minimum Gasteiger partial charge on any atom is -0.496 e. The molecule has 2 unspecified atom stereocenters. The molecule has 1 amide bonds. The zero-order valence-electron chi connectivity index (χ0n) is 12.9. The molecule has 2 aromatic rings. The maximum absolute atomic E-state index is 12.2. The van der Waals surface area contributed by atoms with E-state index < -0.39 is 0 Å². The molecule has 0 aliphatic rings. The van der Waals surface area contributed by atoms with Gasteiger partial charge in [-0.3, -0.25) is 4.79 Å². The Hall–Kier alpha value is -1.92. The zero-order chi connectivity index (χ0) is 16.1. The van der Waals surface area contributed by atoms with Gasteiger partial charge in [-0.25, -0.2) is 4.98 Å². The van der Waals surface area contributed by atoms with E-state index in [4.69, 9.17) is 9.84 Å². The Labute approximate surface area is 134 Å². The molecular weight excluding hydrogens is 300 g/mol.